The van der Waals surface area contributed by atoms with Gasteiger partial charge in [-0.3, -0.25) is 9.48 Å². The quantitative estimate of drug-likeness (QED) is 0.707. The molecule has 1 aromatic heterocycles. The SMILES string of the molecule is CCCCC(CC)CNC(=O)Cc1c(C)nn(CC(C)C)c1C. The summed E-state index contributed by atoms with van der Waals surface area (Å²) in [7, 11) is 0. The van der Waals surface area contributed by atoms with Crippen LogP contribution >= 0.6 is 0 Å². The summed E-state index contributed by atoms with van der Waals surface area (Å²) < 4.78 is 2.04. The fraction of sp³-hybridized carbons (Fsp3) is 0.789. The Hall–Kier alpha value is -1.32. The molecular formula is C19H35N3O. The number of hydrogen-bond donors (Lipinski definition) is 1. The van der Waals surface area contributed by atoms with E-state index >= 15 is 0 Å². The van der Waals surface area contributed by atoms with Crippen LogP contribution in [0.3, 0.4) is 0 Å². The molecule has 1 atom stereocenters. The number of nitrogens with one attached hydrogen (secondary N) is 1. The van der Waals surface area contributed by atoms with Gasteiger partial charge in [-0.15, -0.1) is 0 Å². The average Bonchev–Trinajstić information content (AvgIpc) is 2.74. The number of amides is 1. The van der Waals surface area contributed by atoms with Crippen molar-refractivity contribution in [2.24, 2.45) is 11.8 Å². The minimum atomic E-state index is 0.121. The maximum Gasteiger partial charge on any atom is 0.224 e. The second-order valence-corrected chi connectivity index (χ2v) is 7.12. The molecule has 0 aliphatic heterocycles. The molecular weight excluding hydrogens is 286 g/mol. The van der Waals surface area contributed by atoms with E-state index in [2.05, 4.69) is 45.0 Å². The third-order valence-corrected chi connectivity index (χ3v) is 4.54. The van der Waals surface area contributed by atoms with Crippen molar-refractivity contribution in [3.05, 3.63) is 17.0 Å². The summed E-state index contributed by atoms with van der Waals surface area (Å²) in [4.78, 5) is 12.3. The molecule has 0 saturated heterocycles. The molecule has 132 valence electrons. The van der Waals surface area contributed by atoms with E-state index in [1.807, 2.05) is 11.6 Å². The lowest BCUT2D eigenvalue weighted by atomic mass is 9.99. The van der Waals surface area contributed by atoms with E-state index in [0.29, 0.717) is 18.3 Å². The minimum absolute atomic E-state index is 0.121. The first kappa shape index (κ1) is 19.7. The minimum Gasteiger partial charge on any atom is -0.356 e. The molecule has 4 nitrogen and oxygen atoms in total. The van der Waals surface area contributed by atoms with E-state index < -0.39 is 0 Å². The molecule has 0 fully saturated rings. The van der Waals surface area contributed by atoms with Crippen LogP contribution in [-0.4, -0.2) is 22.2 Å². The van der Waals surface area contributed by atoms with Gasteiger partial charge in [0.2, 0.25) is 5.91 Å². The van der Waals surface area contributed by atoms with Gasteiger partial charge in [0.05, 0.1) is 12.1 Å². The molecule has 0 aliphatic rings. The monoisotopic (exact) mass is 321 g/mol. The van der Waals surface area contributed by atoms with Crippen molar-refractivity contribution in [2.75, 3.05) is 6.54 Å². The molecule has 23 heavy (non-hydrogen) atoms. The van der Waals surface area contributed by atoms with E-state index in [4.69, 9.17) is 0 Å². The van der Waals surface area contributed by atoms with Gasteiger partial charge in [-0.2, -0.15) is 5.10 Å². The number of hydrogen-bond acceptors (Lipinski definition) is 2. The van der Waals surface area contributed by atoms with Crippen LogP contribution in [0.5, 0.6) is 0 Å². The molecule has 1 aromatic rings. The van der Waals surface area contributed by atoms with Gasteiger partial charge in [-0.05, 0) is 32.1 Å². The first-order chi connectivity index (χ1) is 10.9. The van der Waals surface area contributed by atoms with Crippen molar-refractivity contribution in [1.82, 2.24) is 15.1 Å². The smallest absolute Gasteiger partial charge is 0.224 e. The highest BCUT2D eigenvalue weighted by atomic mass is 16.1. The van der Waals surface area contributed by atoms with Crippen LogP contribution in [0.2, 0.25) is 0 Å². The first-order valence-corrected chi connectivity index (χ1v) is 9.18. The lowest BCUT2D eigenvalue weighted by Gasteiger charge is -2.15. The molecule has 0 saturated carbocycles. The van der Waals surface area contributed by atoms with Crippen molar-refractivity contribution >= 4 is 5.91 Å². The van der Waals surface area contributed by atoms with Crippen molar-refractivity contribution < 1.29 is 4.79 Å². The zero-order chi connectivity index (χ0) is 17.4. The Morgan fingerprint density at radius 1 is 1.26 bits per heavy atom. The van der Waals surface area contributed by atoms with E-state index in [0.717, 1.165) is 36.5 Å². The fourth-order valence-electron chi connectivity index (χ4n) is 2.94. The third-order valence-electron chi connectivity index (χ3n) is 4.54. The van der Waals surface area contributed by atoms with Gasteiger partial charge in [-0.25, -0.2) is 0 Å². The van der Waals surface area contributed by atoms with Gasteiger partial charge in [-0.1, -0.05) is 47.0 Å². The lowest BCUT2D eigenvalue weighted by molar-refractivity contribution is -0.120. The number of nitrogens with zero attached hydrogens (tertiary/aromatic N) is 2. The van der Waals surface area contributed by atoms with Crippen molar-refractivity contribution in [1.29, 1.82) is 0 Å². The van der Waals surface area contributed by atoms with E-state index in [-0.39, 0.29) is 5.91 Å². The Morgan fingerprint density at radius 3 is 2.52 bits per heavy atom. The fourth-order valence-corrected chi connectivity index (χ4v) is 2.94. The molecule has 0 spiro atoms. The largest absolute Gasteiger partial charge is 0.356 e. The molecule has 0 aromatic carbocycles. The number of aryl methyl sites for hydroxylation is 1. The van der Waals surface area contributed by atoms with Crippen LogP contribution in [0, 0.1) is 25.7 Å². The van der Waals surface area contributed by atoms with Crippen LogP contribution in [0.15, 0.2) is 0 Å². The molecule has 1 unspecified atom stereocenters. The third kappa shape index (κ3) is 6.36. The number of unbranched alkanes of at least 4 members (excludes halogenated alkanes) is 1. The van der Waals surface area contributed by atoms with Crippen LogP contribution in [0.25, 0.3) is 0 Å². The summed E-state index contributed by atoms with van der Waals surface area (Å²) in [6, 6.07) is 0. The molecule has 0 bridgehead atoms. The Balaban J connectivity index is 2.58. The molecule has 1 amide bonds. The predicted molar refractivity (Wildman–Crippen MR) is 96.6 cm³/mol. The Morgan fingerprint density at radius 2 is 1.96 bits per heavy atom. The van der Waals surface area contributed by atoms with E-state index in [1.54, 1.807) is 0 Å². The second-order valence-electron chi connectivity index (χ2n) is 7.12. The normalized spacial score (nSPS) is 12.7. The highest BCUT2D eigenvalue weighted by Crippen LogP contribution is 2.16. The van der Waals surface area contributed by atoms with Crippen molar-refractivity contribution in [3.63, 3.8) is 0 Å². The Kier molecular flexibility index (Phi) is 8.35. The van der Waals surface area contributed by atoms with Crippen molar-refractivity contribution in [3.8, 4) is 0 Å². The summed E-state index contributed by atoms with van der Waals surface area (Å²) in [6.07, 6.45) is 5.24. The van der Waals surface area contributed by atoms with Crippen LogP contribution in [0.1, 0.15) is 70.3 Å². The average molecular weight is 322 g/mol. The summed E-state index contributed by atoms with van der Waals surface area (Å²) in [5, 5.41) is 7.71. The van der Waals surface area contributed by atoms with Gasteiger partial charge in [0.15, 0.2) is 0 Å². The Labute approximate surface area is 142 Å². The highest BCUT2D eigenvalue weighted by molar-refractivity contribution is 5.79. The Bertz CT molecular complexity index is 491. The highest BCUT2D eigenvalue weighted by Gasteiger charge is 2.16. The van der Waals surface area contributed by atoms with Crippen LogP contribution < -0.4 is 5.32 Å². The standard InChI is InChI=1S/C19H35N3O/c1-7-9-10-17(8-2)12-20-19(23)11-18-15(5)21-22(16(18)6)13-14(3)4/h14,17H,7-13H2,1-6H3,(H,20,23). The topological polar surface area (TPSA) is 46.9 Å². The summed E-state index contributed by atoms with van der Waals surface area (Å²) >= 11 is 0. The maximum absolute atomic E-state index is 12.3. The molecule has 4 heteroatoms. The summed E-state index contributed by atoms with van der Waals surface area (Å²) in [5.41, 5.74) is 3.20. The predicted octanol–water partition coefficient (Wildman–Crippen LogP) is 4.03. The van der Waals surface area contributed by atoms with Gasteiger partial charge < -0.3 is 5.32 Å². The number of rotatable bonds is 10. The molecule has 0 aliphatic carbocycles. The molecule has 0 radical (unpaired) electrons. The van der Waals surface area contributed by atoms with E-state index in [9.17, 15) is 4.79 Å². The lowest BCUT2D eigenvalue weighted by Crippen LogP contribution is -2.30. The van der Waals surface area contributed by atoms with Crippen LogP contribution in [0.4, 0.5) is 0 Å². The van der Waals surface area contributed by atoms with Gasteiger partial charge in [0, 0.05) is 24.3 Å². The molecule has 1 heterocycles. The number of aromatic nitrogens is 2. The zero-order valence-corrected chi connectivity index (χ0v) is 15.9. The van der Waals surface area contributed by atoms with Crippen molar-refractivity contribution in [2.45, 2.75) is 80.2 Å². The summed E-state index contributed by atoms with van der Waals surface area (Å²) in [6.45, 7) is 14.6. The van der Waals surface area contributed by atoms with Gasteiger partial charge >= 0.3 is 0 Å². The van der Waals surface area contributed by atoms with Crippen LogP contribution in [-0.2, 0) is 17.8 Å². The zero-order valence-electron chi connectivity index (χ0n) is 15.9. The van der Waals surface area contributed by atoms with Gasteiger partial charge in [0.25, 0.3) is 0 Å². The molecule has 1 rings (SSSR count). The maximum atomic E-state index is 12.3. The number of carbonyl (C=O) groups excluding carboxylic acids is 1. The summed E-state index contributed by atoms with van der Waals surface area (Å²) in [5.74, 6) is 1.28. The second kappa shape index (κ2) is 9.74. The molecule has 1 N–H and O–H groups in total. The van der Waals surface area contributed by atoms with E-state index in [1.165, 1.54) is 19.3 Å². The van der Waals surface area contributed by atoms with Gasteiger partial charge in [0.1, 0.15) is 0 Å². The first-order valence-electron chi connectivity index (χ1n) is 9.18. The number of carbonyl (C=O) groups is 1.